The van der Waals surface area contributed by atoms with Crippen molar-refractivity contribution >= 4 is 45.8 Å². The van der Waals surface area contributed by atoms with Crippen LogP contribution in [0.3, 0.4) is 0 Å². The van der Waals surface area contributed by atoms with Crippen LogP contribution in [0.2, 0.25) is 10.2 Å². The van der Waals surface area contributed by atoms with Gasteiger partial charge in [0, 0.05) is 0 Å². The Balaban J connectivity index is 3.31. The van der Waals surface area contributed by atoms with Gasteiger partial charge in [0.05, 0.1) is 5.02 Å². The smallest absolute Gasteiger partial charge is 0.166 e. The van der Waals surface area contributed by atoms with Crippen LogP contribution < -0.4 is 0 Å². The number of hydrogen-bond acceptors (Lipinski definition) is 2. The minimum atomic E-state index is -0.0216. The lowest BCUT2D eigenvalue weighted by atomic mass is 10.5. The van der Waals surface area contributed by atoms with Gasteiger partial charge in [-0.15, -0.1) is 0 Å². The van der Waals surface area contributed by atoms with Gasteiger partial charge in [-0.05, 0) is 28.7 Å². The van der Waals surface area contributed by atoms with Gasteiger partial charge >= 0.3 is 0 Å². The molecule has 0 radical (unpaired) electrons. The SMILES string of the molecule is Oc1c(Cl)cc(Cl)nc1I. The minimum absolute atomic E-state index is 0.0216. The number of hydrogen-bond donors (Lipinski definition) is 1. The molecule has 1 N–H and O–H groups in total. The van der Waals surface area contributed by atoms with E-state index < -0.39 is 0 Å². The third-order valence-electron chi connectivity index (χ3n) is 0.872. The molecule has 0 unspecified atom stereocenters. The molecule has 1 heterocycles. The number of rotatable bonds is 0. The van der Waals surface area contributed by atoms with Crippen LogP contribution in [0.25, 0.3) is 0 Å². The Labute approximate surface area is 81.3 Å². The van der Waals surface area contributed by atoms with Crippen LogP contribution in [0.4, 0.5) is 0 Å². The van der Waals surface area contributed by atoms with Gasteiger partial charge in [-0.25, -0.2) is 4.98 Å². The van der Waals surface area contributed by atoms with Gasteiger partial charge < -0.3 is 5.11 Å². The van der Waals surface area contributed by atoms with E-state index in [0.29, 0.717) is 3.70 Å². The number of nitrogens with zero attached hydrogens (tertiary/aromatic N) is 1. The molecule has 0 fully saturated rings. The fraction of sp³-hybridized carbons (Fsp3) is 0. The van der Waals surface area contributed by atoms with E-state index in [4.69, 9.17) is 28.3 Å². The predicted octanol–water partition coefficient (Wildman–Crippen LogP) is 2.70. The summed E-state index contributed by atoms with van der Waals surface area (Å²) in [7, 11) is 0. The first-order valence-electron chi connectivity index (χ1n) is 2.32. The van der Waals surface area contributed by atoms with Crippen molar-refractivity contribution in [3.05, 3.63) is 19.9 Å². The Morgan fingerprint density at radius 2 is 2.10 bits per heavy atom. The normalized spacial score (nSPS) is 9.90. The molecule has 0 saturated carbocycles. The largest absolute Gasteiger partial charge is 0.504 e. The van der Waals surface area contributed by atoms with Crippen molar-refractivity contribution in [2.45, 2.75) is 0 Å². The van der Waals surface area contributed by atoms with Crippen molar-refractivity contribution in [2.75, 3.05) is 0 Å². The zero-order chi connectivity index (χ0) is 7.72. The molecular formula is C5H2Cl2INO. The lowest BCUT2D eigenvalue weighted by molar-refractivity contribution is 0.468. The second-order valence-corrected chi connectivity index (χ2v) is 3.38. The van der Waals surface area contributed by atoms with Crippen LogP contribution >= 0.6 is 45.8 Å². The summed E-state index contributed by atoms with van der Waals surface area (Å²) in [5.41, 5.74) is 0. The molecule has 0 aliphatic carbocycles. The highest BCUT2D eigenvalue weighted by atomic mass is 127. The number of halogens is 3. The van der Waals surface area contributed by atoms with E-state index in [9.17, 15) is 0 Å². The van der Waals surface area contributed by atoms with Crippen molar-refractivity contribution in [3.63, 3.8) is 0 Å². The molecule has 54 valence electrons. The summed E-state index contributed by atoms with van der Waals surface area (Å²) in [6, 6.07) is 1.39. The van der Waals surface area contributed by atoms with E-state index in [1.807, 2.05) is 22.6 Å². The predicted molar refractivity (Wildman–Crippen MR) is 48.6 cm³/mol. The van der Waals surface area contributed by atoms with Gasteiger partial charge in [0.2, 0.25) is 0 Å². The van der Waals surface area contributed by atoms with Crippen LogP contribution in [0.1, 0.15) is 0 Å². The van der Waals surface area contributed by atoms with Crippen LogP contribution in [0, 0.1) is 3.70 Å². The number of aromatic nitrogens is 1. The highest BCUT2D eigenvalue weighted by molar-refractivity contribution is 14.1. The topological polar surface area (TPSA) is 33.1 Å². The molecule has 0 bridgehead atoms. The first-order chi connectivity index (χ1) is 4.61. The van der Waals surface area contributed by atoms with Crippen LogP contribution in [-0.4, -0.2) is 10.1 Å². The Kier molecular flexibility index (Phi) is 2.60. The van der Waals surface area contributed by atoms with Gasteiger partial charge in [0.1, 0.15) is 8.85 Å². The fourth-order valence-electron chi connectivity index (χ4n) is 0.450. The van der Waals surface area contributed by atoms with E-state index in [-0.39, 0.29) is 15.9 Å². The van der Waals surface area contributed by atoms with E-state index in [2.05, 4.69) is 4.98 Å². The summed E-state index contributed by atoms with van der Waals surface area (Å²) in [6.45, 7) is 0. The molecule has 5 heteroatoms. The summed E-state index contributed by atoms with van der Waals surface area (Å²) in [4.78, 5) is 3.75. The van der Waals surface area contributed by atoms with E-state index >= 15 is 0 Å². The maximum Gasteiger partial charge on any atom is 0.166 e. The zero-order valence-electron chi connectivity index (χ0n) is 4.61. The van der Waals surface area contributed by atoms with Crippen molar-refractivity contribution in [1.82, 2.24) is 4.98 Å². The summed E-state index contributed by atoms with van der Waals surface area (Å²) in [6.07, 6.45) is 0. The summed E-state index contributed by atoms with van der Waals surface area (Å²) >= 11 is 12.9. The minimum Gasteiger partial charge on any atom is -0.504 e. The summed E-state index contributed by atoms with van der Waals surface area (Å²) in [5.74, 6) is -0.0216. The van der Waals surface area contributed by atoms with Gasteiger partial charge in [-0.2, -0.15) is 0 Å². The van der Waals surface area contributed by atoms with Crippen molar-refractivity contribution in [1.29, 1.82) is 0 Å². The standard InChI is InChI=1S/C5H2Cl2INO/c6-2-1-3(7)9-5(8)4(2)10/h1,10H. The van der Waals surface area contributed by atoms with Crippen molar-refractivity contribution in [3.8, 4) is 5.75 Å². The third kappa shape index (κ3) is 1.65. The van der Waals surface area contributed by atoms with Crippen LogP contribution in [0.15, 0.2) is 6.07 Å². The number of aromatic hydroxyl groups is 1. The first-order valence-corrected chi connectivity index (χ1v) is 4.15. The Morgan fingerprint density at radius 1 is 1.50 bits per heavy atom. The first kappa shape index (κ1) is 8.36. The summed E-state index contributed by atoms with van der Waals surface area (Å²) < 4.78 is 0.412. The van der Waals surface area contributed by atoms with Gasteiger partial charge in [0.15, 0.2) is 5.75 Å². The molecule has 0 saturated heterocycles. The fourth-order valence-corrected chi connectivity index (χ4v) is 1.75. The quantitative estimate of drug-likeness (QED) is 0.588. The van der Waals surface area contributed by atoms with Gasteiger partial charge in [-0.3, -0.25) is 0 Å². The molecule has 10 heavy (non-hydrogen) atoms. The summed E-state index contributed by atoms with van der Waals surface area (Å²) in [5, 5.41) is 9.58. The van der Waals surface area contributed by atoms with E-state index in [0.717, 1.165) is 0 Å². The Morgan fingerprint density at radius 3 is 2.60 bits per heavy atom. The maximum atomic E-state index is 9.07. The van der Waals surface area contributed by atoms with Crippen molar-refractivity contribution < 1.29 is 5.11 Å². The average molecular weight is 290 g/mol. The highest BCUT2D eigenvalue weighted by Crippen LogP contribution is 2.29. The zero-order valence-corrected chi connectivity index (χ0v) is 8.28. The molecule has 0 aromatic carbocycles. The molecule has 1 aromatic rings. The lowest BCUT2D eigenvalue weighted by Crippen LogP contribution is -1.82. The third-order valence-corrected chi connectivity index (χ3v) is 2.11. The molecule has 0 amide bonds. The van der Waals surface area contributed by atoms with E-state index in [1.54, 1.807) is 0 Å². The second-order valence-electron chi connectivity index (χ2n) is 1.57. The Hall–Kier alpha value is 0.260. The van der Waals surface area contributed by atoms with Crippen LogP contribution in [-0.2, 0) is 0 Å². The molecule has 2 nitrogen and oxygen atoms in total. The molecule has 0 spiro atoms. The van der Waals surface area contributed by atoms with Crippen molar-refractivity contribution in [2.24, 2.45) is 0 Å². The number of pyridine rings is 1. The molecule has 0 aliphatic heterocycles. The average Bonchev–Trinajstić information content (AvgIpc) is 1.82. The lowest BCUT2D eigenvalue weighted by Gasteiger charge is -1.97. The van der Waals surface area contributed by atoms with Gasteiger partial charge in [-0.1, -0.05) is 23.2 Å². The molecule has 0 atom stereocenters. The van der Waals surface area contributed by atoms with Crippen LogP contribution in [0.5, 0.6) is 5.75 Å². The molecular weight excluding hydrogens is 288 g/mol. The Bertz CT molecular complexity index is 243. The molecule has 0 aliphatic rings. The molecule has 1 rings (SSSR count). The monoisotopic (exact) mass is 289 g/mol. The van der Waals surface area contributed by atoms with Gasteiger partial charge in [0.25, 0.3) is 0 Å². The van der Waals surface area contributed by atoms with E-state index in [1.165, 1.54) is 6.07 Å². The second kappa shape index (κ2) is 3.11. The molecule has 1 aromatic heterocycles. The maximum absolute atomic E-state index is 9.07. The highest BCUT2D eigenvalue weighted by Gasteiger charge is 2.05.